The smallest absolute Gasteiger partial charge is 0.0614 e. The first kappa shape index (κ1) is 11.0. The third-order valence-electron chi connectivity index (χ3n) is 3.44. The molecule has 1 fully saturated rings. The maximum Gasteiger partial charge on any atom is 0.0614 e. The molecule has 1 aromatic rings. The maximum absolute atomic E-state index is 10.0. The molecule has 1 nitrogen and oxygen atoms in total. The van der Waals surface area contributed by atoms with Gasteiger partial charge in [-0.25, -0.2) is 0 Å². The second-order valence-corrected chi connectivity index (χ2v) is 5.57. The lowest BCUT2D eigenvalue weighted by atomic mass is 10.00. The van der Waals surface area contributed by atoms with Gasteiger partial charge in [0.25, 0.3) is 0 Å². The summed E-state index contributed by atoms with van der Waals surface area (Å²) in [5.74, 6) is 0.439. The highest BCUT2D eigenvalue weighted by Gasteiger charge is 2.49. The Bertz CT molecular complexity index is 359. The van der Waals surface area contributed by atoms with Gasteiger partial charge < -0.3 is 5.11 Å². The Hall–Kier alpha value is -0.530. The number of benzene rings is 1. The fourth-order valence-electron chi connectivity index (χ4n) is 2.20. The SMILES string of the molecule is CC1(C)CC1C(O)Cc1ccccc1Cl. The lowest BCUT2D eigenvalue weighted by Gasteiger charge is -2.13. The number of aliphatic hydroxyl groups is 1. The number of rotatable bonds is 3. The first-order valence-electron chi connectivity index (χ1n) is 5.42. The fraction of sp³-hybridized carbons (Fsp3) is 0.538. The lowest BCUT2D eigenvalue weighted by molar-refractivity contribution is 0.137. The molecule has 0 aromatic heterocycles. The van der Waals surface area contributed by atoms with Crippen LogP contribution in [0.4, 0.5) is 0 Å². The molecule has 2 rings (SSSR count). The monoisotopic (exact) mass is 224 g/mol. The standard InChI is InChI=1S/C13H17ClO/c1-13(2)8-10(13)12(15)7-9-5-3-4-6-11(9)14/h3-6,10,12,15H,7-8H2,1-2H3. The van der Waals surface area contributed by atoms with Crippen LogP contribution in [0.5, 0.6) is 0 Å². The van der Waals surface area contributed by atoms with Crippen molar-refractivity contribution in [3.05, 3.63) is 34.9 Å². The van der Waals surface area contributed by atoms with E-state index in [1.807, 2.05) is 24.3 Å². The normalized spacial score (nSPS) is 24.9. The van der Waals surface area contributed by atoms with Gasteiger partial charge in [-0.15, -0.1) is 0 Å². The minimum absolute atomic E-state index is 0.250. The summed E-state index contributed by atoms with van der Waals surface area (Å²) in [6.07, 6.45) is 1.55. The van der Waals surface area contributed by atoms with Crippen molar-refractivity contribution in [2.24, 2.45) is 11.3 Å². The van der Waals surface area contributed by atoms with Crippen LogP contribution in [0, 0.1) is 11.3 Å². The van der Waals surface area contributed by atoms with E-state index in [-0.39, 0.29) is 6.10 Å². The Balaban J connectivity index is 2.01. The average Bonchev–Trinajstić information content (AvgIpc) is 2.79. The molecule has 0 saturated heterocycles. The minimum Gasteiger partial charge on any atom is -0.392 e. The van der Waals surface area contributed by atoms with E-state index < -0.39 is 0 Å². The highest BCUT2D eigenvalue weighted by Crippen LogP contribution is 2.54. The summed E-state index contributed by atoms with van der Waals surface area (Å²) in [7, 11) is 0. The van der Waals surface area contributed by atoms with Crippen LogP contribution < -0.4 is 0 Å². The van der Waals surface area contributed by atoms with Crippen molar-refractivity contribution in [1.29, 1.82) is 0 Å². The summed E-state index contributed by atoms with van der Waals surface area (Å²) in [6, 6.07) is 7.74. The van der Waals surface area contributed by atoms with Crippen molar-refractivity contribution >= 4 is 11.6 Å². The van der Waals surface area contributed by atoms with Crippen LogP contribution in [0.3, 0.4) is 0 Å². The molecule has 1 N–H and O–H groups in total. The van der Waals surface area contributed by atoms with Crippen LogP contribution in [0.1, 0.15) is 25.8 Å². The Labute approximate surface area is 96.1 Å². The van der Waals surface area contributed by atoms with E-state index in [1.54, 1.807) is 0 Å². The van der Waals surface area contributed by atoms with Crippen molar-refractivity contribution in [3.63, 3.8) is 0 Å². The molecule has 15 heavy (non-hydrogen) atoms. The van der Waals surface area contributed by atoms with Crippen LogP contribution in [-0.2, 0) is 6.42 Å². The van der Waals surface area contributed by atoms with Crippen LogP contribution in [0.2, 0.25) is 5.02 Å². The summed E-state index contributed by atoms with van der Waals surface area (Å²) in [5.41, 5.74) is 1.37. The predicted molar refractivity (Wildman–Crippen MR) is 63.1 cm³/mol. The van der Waals surface area contributed by atoms with Crippen LogP contribution in [-0.4, -0.2) is 11.2 Å². The second kappa shape index (κ2) is 3.80. The zero-order chi connectivity index (χ0) is 11.1. The van der Waals surface area contributed by atoms with E-state index in [4.69, 9.17) is 11.6 Å². The highest BCUT2D eigenvalue weighted by atomic mass is 35.5. The molecule has 0 radical (unpaired) electrons. The Morgan fingerprint density at radius 2 is 2.07 bits per heavy atom. The topological polar surface area (TPSA) is 20.2 Å². The molecule has 2 heteroatoms. The van der Waals surface area contributed by atoms with Crippen molar-refractivity contribution in [1.82, 2.24) is 0 Å². The molecule has 0 spiro atoms. The summed E-state index contributed by atoms with van der Waals surface area (Å²) in [4.78, 5) is 0. The van der Waals surface area contributed by atoms with Gasteiger partial charge >= 0.3 is 0 Å². The molecule has 0 aliphatic heterocycles. The Morgan fingerprint density at radius 3 is 2.60 bits per heavy atom. The van der Waals surface area contributed by atoms with Crippen molar-refractivity contribution < 1.29 is 5.11 Å². The third kappa shape index (κ3) is 2.35. The number of halogens is 1. The van der Waals surface area contributed by atoms with Crippen molar-refractivity contribution in [2.75, 3.05) is 0 Å². The third-order valence-corrected chi connectivity index (χ3v) is 3.81. The number of aliphatic hydroxyl groups excluding tert-OH is 1. The highest BCUT2D eigenvalue weighted by molar-refractivity contribution is 6.31. The van der Waals surface area contributed by atoms with Crippen LogP contribution in [0.25, 0.3) is 0 Å². The van der Waals surface area contributed by atoms with Crippen LogP contribution >= 0.6 is 11.6 Å². The Kier molecular flexibility index (Phi) is 2.78. The quantitative estimate of drug-likeness (QED) is 0.836. The summed E-state index contributed by atoms with van der Waals surface area (Å²) < 4.78 is 0. The molecule has 0 amide bonds. The van der Waals surface area contributed by atoms with E-state index >= 15 is 0 Å². The molecule has 1 aromatic carbocycles. The van der Waals surface area contributed by atoms with Gasteiger partial charge in [0.15, 0.2) is 0 Å². The largest absolute Gasteiger partial charge is 0.392 e. The summed E-state index contributed by atoms with van der Waals surface area (Å²) in [6.45, 7) is 4.40. The molecule has 1 saturated carbocycles. The fourth-order valence-corrected chi connectivity index (χ4v) is 2.41. The minimum atomic E-state index is -0.250. The van der Waals surface area contributed by atoms with E-state index in [1.165, 1.54) is 0 Å². The Morgan fingerprint density at radius 1 is 1.47 bits per heavy atom. The van der Waals surface area contributed by atoms with Crippen molar-refractivity contribution in [2.45, 2.75) is 32.8 Å². The van der Waals surface area contributed by atoms with Gasteiger partial charge in [0.05, 0.1) is 6.10 Å². The van der Waals surface area contributed by atoms with E-state index in [0.717, 1.165) is 17.0 Å². The van der Waals surface area contributed by atoms with E-state index in [9.17, 15) is 5.11 Å². The molecule has 2 atom stereocenters. The average molecular weight is 225 g/mol. The van der Waals surface area contributed by atoms with E-state index in [2.05, 4.69) is 13.8 Å². The predicted octanol–water partition coefficient (Wildman–Crippen LogP) is 3.29. The zero-order valence-electron chi connectivity index (χ0n) is 9.20. The first-order valence-corrected chi connectivity index (χ1v) is 5.80. The second-order valence-electron chi connectivity index (χ2n) is 5.16. The van der Waals surface area contributed by atoms with Gasteiger partial charge in [-0.3, -0.25) is 0 Å². The maximum atomic E-state index is 10.0. The number of hydrogen-bond acceptors (Lipinski definition) is 1. The molecule has 0 heterocycles. The summed E-state index contributed by atoms with van der Waals surface area (Å²) in [5, 5.41) is 10.8. The van der Waals surface area contributed by atoms with Gasteiger partial charge in [0.2, 0.25) is 0 Å². The summed E-state index contributed by atoms with van der Waals surface area (Å²) >= 11 is 6.05. The van der Waals surface area contributed by atoms with Gasteiger partial charge in [-0.05, 0) is 29.4 Å². The number of hydrogen-bond donors (Lipinski definition) is 1. The van der Waals surface area contributed by atoms with Gasteiger partial charge in [0.1, 0.15) is 0 Å². The molecule has 1 aliphatic carbocycles. The lowest BCUT2D eigenvalue weighted by Crippen LogP contribution is -2.16. The van der Waals surface area contributed by atoms with Gasteiger partial charge in [0, 0.05) is 11.4 Å². The zero-order valence-corrected chi connectivity index (χ0v) is 9.96. The van der Waals surface area contributed by atoms with Gasteiger partial charge in [-0.1, -0.05) is 43.6 Å². The molecule has 82 valence electrons. The van der Waals surface area contributed by atoms with Gasteiger partial charge in [-0.2, -0.15) is 0 Å². The molecule has 1 aliphatic rings. The molecular formula is C13H17ClO. The molecule has 0 bridgehead atoms. The van der Waals surface area contributed by atoms with Crippen LogP contribution in [0.15, 0.2) is 24.3 Å². The molecule has 2 unspecified atom stereocenters. The molecular weight excluding hydrogens is 208 g/mol. The van der Waals surface area contributed by atoms with E-state index in [0.29, 0.717) is 17.8 Å². The first-order chi connectivity index (χ1) is 7.00. The van der Waals surface area contributed by atoms with Crippen molar-refractivity contribution in [3.8, 4) is 0 Å².